The Morgan fingerprint density at radius 2 is 2.21 bits per heavy atom. The molecule has 1 aromatic rings. The fourth-order valence-corrected chi connectivity index (χ4v) is 1.40. The Morgan fingerprint density at radius 3 is 2.79 bits per heavy atom. The van der Waals surface area contributed by atoms with Crippen LogP contribution in [0.4, 0.5) is 10.1 Å². The summed E-state index contributed by atoms with van der Waals surface area (Å²) in [7, 11) is 1.69. The average Bonchev–Trinajstić information content (AvgIpc) is 2.19. The molecule has 0 heterocycles. The van der Waals surface area contributed by atoms with Crippen LogP contribution >= 0.6 is 15.9 Å². The Labute approximate surface area is 91.1 Å². The second-order valence-electron chi connectivity index (χ2n) is 3.01. The van der Waals surface area contributed by atoms with Crippen LogP contribution < -0.4 is 4.90 Å². The number of rotatable bonds is 2. The molecule has 0 saturated carbocycles. The highest BCUT2D eigenvalue weighted by molar-refractivity contribution is 9.10. The van der Waals surface area contributed by atoms with E-state index in [1.54, 1.807) is 31.0 Å². The minimum atomic E-state index is -0.348. The zero-order valence-corrected chi connectivity index (χ0v) is 9.55. The van der Waals surface area contributed by atoms with Crippen LogP contribution in [0.25, 0.3) is 0 Å². The smallest absolute Gasteiger partial charge is 0.146 e. The van der Waals surface area contributed by atoms with Crippen molar-refractivity contribution < 1.29 is 4.39 Å². The molecule has 1 atom stereocenters. The third kappa shape index (κ3) is 2.24. The molecule has 0 saturated heterocycles. The summed E-state index contributed by atoms with van der Waals surface area (Å²) in [5.74, 6) is -0.321. The first-order valence-electron chi connectivity index (χ1n) is 4.13. The number of halogens is 2. The molecular formula is C10H10BrFN2. The van der Waals surface area contributed by atoms with Gasteiger partial charge in [-0.25, -0.2) is 4.39 Å². The van der Waals surface area contributed by atoms with Crippen molar-refractivity contribution >= 4 is 21.6 Å². The molecule has 0 spiro atoms. The monoisotopic (exact) mass is 256 g/mol. The predicted molar refractivity (Wildman–Crippen MR) is 57.6 cm³/mol. The maximum Gasteiger partial charge on any atom is 0.146 e. The van der Waals surface area contributed by atoms with Gasteiger partial charge in [0, 0.05) is 11.5 Å². The normalized spacial score (nSPS) is 11.9. The SMILES string of the molecule is CC(C#N)N(C)c1cc(Br)ccc1F. The minimum absolute atomic E-state index is 0.321. The van der Waals surface area contributed by atoms with E-state index in [0.717, 1.165) is 4.47 Å². The Kier molecular flexibility index (Phi) is 3.48. The van der Waals surface area contributed by atoms with Crippen molar-refractivity contribution in [3.8, 4) is 6.07 Å². The van der Waals surface area contributed by atoms with E-state index in [2.05, 4.69) is 22.0 Å². The van der Waals surface area contributed by atoms with E-state index in [0.29, 0.717) is 5.69 Å². The molecule has 0 aromatic heterocycles. The van der Waals surface area contributed by atoms with Crippen molar-refractivity contribution in [2.45, 2.75) is 13.0 Å². The maximum atomic E-state index is 13.3. The third-order valence-electron chi connectivity index (χ3n) is 2.06. The fraction of sp³-hybridized carbons (Fsp3) is 0.300. The van der Waals surface area contributed by atoms with Gasteiger partial charge in [0.05, 0.1) is 11.8 Å². The number of anilines is 1. The van der Waals surface area contributed by atoms with Crippen molar-refractivity contribution in [2.75, 3.05) is 11.9 Å². The van der Waals surface area contributed by atoms with E-state index in [1.807, 2.05) is 0 Å². The van der Waals surface area contributed by atoms with Gasteiger partial charge in [0.2, 0.25) is 0 Å². The quantitative estimate of drug-likeness (QED) is 0.814. The number of benzene rings is 1. The lowest BCUT2D eigenvalue weighted by Crippen LogP contribution is -2.27. The zero-order valence-electron chi connectivity index (χ0n) is 7.96. The first-order valence-corrected chi connectivity index (χ1v) is 4.93. The number of nitrogens with zero attached hydrogens (tertiary/aromatic N) is 2. The van der Waals surface area contributed by atoms with Crippen LogP contribution in [0.15, 0.2) is 22.7 Å². The summed E-state index contributed by atoms with van der Waals surface area (Å²) in [4.78, 5) is 1.60. The fourth-order valence-electron chi connectivity index (χ4n) is 1.05. The van der Waals surface area contributed by atoms with E-state index in [-0.39, 0.29) is 11.9 Å². The Hall–Kier alpha value is -1.08. The third-order valence-corrected chi connectivity index (χ3v) is 2.55. The van der Waals surface area contributed by atoms with E-state index in [1.165, 1.54) is 6.07 Å². The van der Waals surface area contributed by atoms with Gasteiger partial charge in [0.25, 0.3) is 0 Å². The van der Waals surface area contributed by atoms with Gasteiger partial charge >= 0.3 is 0 Å². The second-order valence-corrected chi connectivity index (χ2v) is 3.93. The van der Waals surface area contributed by atoms with Crippen LogP contribution in [0.3, 0.4) is 0 Å². The van der Waals surface area contributed by atoms with Crippen LogP contribution in [0.5, 0.6) is 0 Å². The maximum absolute atomic E-state index is 13.3. The van der Waals surface area contributed by atoms with Crippen LogP contribution in [0.1, 0.15) is 6.92 Å². The summed E-state index contributed by atoms with van der Waals surface area (Å²) in [5.41, 5.74) is 0.424. The molecule has 1 rings (SSSR count). The summed E-state index contributed by atoms with van der Waals surface area (Å²) < 4.78 is 14.1. The molecule has 0 bridgehead atoms. The summed E-state index contributed by atoms with van der Waals surface area (Å²) in [6.45, 7) is 1.72. The molecule has 4 heteroatoms. The van der Waals surface area contributed by atoms with E-state index in [9.17, 15) is 4.39 Å². The van der Waals surface area contributed by atoms with E-state index < -0.39 is 0 Å². The number of hydrogen-bond donors (Lipinski definition) is 0. The molecule has 74 valence electrons. The van der Waals surface area contributed by atoms with Crippen molar-refractivity contribution in [2.24, 2.45) is 0 Å². The highest BCUT2D eigenvalue weighted by Crippen LogP contribution is 2.24. The summed E-state index contributed by atoms with van der Waals surface area (Å²) in [6, 6.07) is 6.37. The molecule has 14 heavy (non-hydrogen) atoms. The van der Waals surface area contributed by atoms with E-state index >= 15 is 0 Å². The molecule has 0 fully saturated rings. The van der Waals surface area contributed by atoms with Crippen molar-refractivity contribution in [1.29, 1.82) is 5.26 Å². The lowest BCUT2D eigenvalue weighted by molar-refractivity contribution is 0.619. The van der Waals surface area contributed by atoms with Crippen molar-refractivity contribution in [1.82, 2.24) is 0 Å². The Morgan fingerprint density at radius 1 is 1.57 bits per heavy atom. The van der Waals surface area contributed by atoms with Gasteiger partial charge in [-0.2, -0.15) is 5.26 Å². The van der Waals surface area contributed by atoms with Gasteiger partial charge in [-0.3, -0.25) is 0 Å². The second kappa shape index (κ2) is 4.43. The summed E-state index contributed by atoms with van der Waals surface area (Å²) in [5, 5.41) is 8.70. The standard InChI is InChI=1S/C10H10BrFN2/c1-7(6-13)14(2)10-5-8(11)3-4-9(10)12/h3-5,7H,1-2H3. The van der Waals surface area contributed by atoms with Gasteiger partial charge in [-0.05, 0) is 25.1 Å². The van der Waals surface area contributed by atoms with Gasteiger partial charge in [0.15, 0.2) is 0 Å². The van der Waals surface area contributed by atoms with Gasteiger partial charge in [-0.15, -0.1) is 0 Å². The van der Waals surface area contributed by atoms with Gasteiger partial charge in [0.1, 0.15) is 11.9 Å². The lowest BCUT2D eigenvalue weighted by Gasteiger charge is -2.22. The molecule has 0 aliphatic carbocycles. The topological polar surface area (TPSA) is 27.0 Å². The minimum Gasteiger partial charge on any atom is -0.357 e. The summed E-state index contributed by atoms with van der Waals surface area (Å²) in [6.07, 6.45) is 0. The predicted octanol–water partition coefficient (Wildman–Crippen LogP) is 2.94. The number of hydrogen-bond acceptors (Lipinski definition) is 2. The van der Waals surface area contributed by atoms with E-state index in [4.69, 9.17) is 5.26 Å². The van der Waals surface area contributed by atoms with Crippen LogP contribution in [-0.2, 0) is 0 Å². The first kappa shape index (κ1) is 11.0. The van der Waals surface area contributed by atoms with Gasteiger partial charge in [-0.1, -0.05) is 15.9 Å². The number of nitriles is 1. The largest absolute Gasteiger partial charge is 0.357 e. The molecule has 2 nitrogen and oxygen atoms in total. The zero-order chi connectivity index (χ0) is 10.7. The van der Waals surface area contributed by atoms with Gasteiger partial charge < -0.3 is 4.90 Å². The molecule has 0 N–H and O–H groups in total. The Bertz CT molecular complexity index is 373. The molecule has 1 unspecified atom stereocenters. The van der Waals surface area contributed by atoms with Crippen molar-refractivity contribution in [3.05, 3.63) is 28.5 Å². The Balaban J connectivity index is 3.07. The van der Waals surface area contributed by atoms with Crippen molar-refractivity contribution in [3.63, 3.8) is 0 Å². The average molecular weight is 257 g/mol. The van der Waals surface area contributed by atoms with Crippen LogP contribution in [0, 0.1) is 17.1 Å². The molecular weight excluding hydrogens is 247 g/mol. The highest BCUT2D eigenvalue weighted by atomic mass is 79.9. The lowest BCUT2D eigenvalue weighted by atomic mass is 10.2. The molecule has 0 aliphatic heterocycles. The molecule has 1 aromatic carbocycles. The molecule has 0 aliphatic rings. The van der Waals surface area contributed by atoms with Crippen LogP contribution in [0.2, 0.25) is 0 Å². The first-order chi connectivity index (χ1) is 6.56. The van der Waals surface area contributed by atoms with Crippen LogP contribution in [-0.4, -0.2) is 13.1 Å². The summed E-state index contributed by atoms with van der Waals surface area (Å²) >= 11 is 3.26. The molecule has 0 amide bonds. The highest BCUT2D eigenvalue weighted by Gasteiger charge is 2.13. The molecule has 0 radical (unpaired) electrons.